The Hall–Kier alpha value is -1.11. The molecule has 1 saturated carbocycles. The number of ether oxygens (including phenoxy) is 1. The van der Waals surface area contributed by atoms with E-state index in [0.29, 0.717) is 31.4 Å². The fourth-order valence-electron chi connectivity index (χ4n) is 2.57. The molecular weight excluding hydrogens is 256 g/mol. The van der Waals surface area contributed by atoms with Crippen LogP contribution in [-0.4, -0.2) is 58.7 Å². The van der Waals surface area contributed by atoms with E-state index >= 15 is 0 Å². The van der Waals surface area contributed by atoms with Crippen LogP contribution in [0.15, 0.2) is 12.4 Å². The third-order valence-electron chi connectivity index (χ3n) is 3.96. The van der Waals surface area contributed by atoms with Crippen molar-refractivity contribution in [1.82, 2.24) is 14.7 Å². The smallest absolute Gasteiger partial charge is 0.0862 e. The van der Waals surface area contributed by atoms with Gasteiger partial charge in [0.2, 0.25) is 0 Å². The Balaban J connectivity index is 1.85. The van der Waals surface area contributed by atoms with E-state index in [1.165, 1.54) is 12.8 Å². The summed E-state index contributed by atoms with van der Waals surface area (Å²) in [6, 6.07) is 0.502. The first-order valence-electron chi connectivity index (χ1n) is 7.29. The van der Waals surface area contributed by atoms with Gasteiger partial charge in [-0.05, 0) is 25.7 Å². The first-order chi connectivity index (χ1) is 9.60. The standard InChI is InChI=1S/C14H26N4O2/c1-11(12-3-4-12)17(5-6-20-2)9-14(19)10-18-8-13(15)7-16-18/h7-8,11-12,14,19H,3-6,9-10,15H2,1-2H3. The minimum absolute atomic E-state index is 0.452. The highest BCUT2D eigenvalue weighted by Gasteiger charge is 2.32. The fourth-order valence-corrected chi connectivity index (χ4v) is 2.57. The predicted octanol–water partition coefficient (Wildman–Crippen LogP) is 0.573. The van der Waals surface area contributed by atoms with Crippen LogP contribution in [0.5, 0.6) is 0 Å². The fraction of sp³-hybridized carbons (Fsp3) is 0.786. The zero-order chi connectivity index (χ0) is 14.5. The molecule has 1 fully saturated rings. The van der Waals surface area contributed by atoms with Crippen LogP contribution in [0.1, 0.15) is 19.8 Å². The average molecular weight is 282 g/mol. The summed E-state index contributed by atoms with van der Waals surface area (Å²) in [6.07, 6.45) is 5.50. The molecule has 0 amide bonds. The number of nitrogens with two attached hydrogens (primary N) is 1. The maximum atomic E-state index is 10.2. The Morgan fingerprint density at radius 2 is 2.35 bits per heavy atom. The largest absolute Gasteiger partial charge is 0.396 e. The normalized spacial score (nSPS) is 18.4. The second-order valence-electron chi connectivity index (χ2n) is 5.72. The molecule has 1 heterocycles. The molecule has 6 nitrogen and oxygen atoms in total. The van der Waals surface area contributed by atoms with E-state index < -0.39 is 6.10 Å². The second-order valence-corrected chi connectivity index (χ2v) is 5.72. The summed E-state index contributed by atoms with van der Waals surface area (Å²) in [7, 11) is 1.71. The molecule has 0 saturated heterocycles. The number of aliphatic hydroxyl groups is 1. The van der Waals surface area contributed by atoms with Gasteiger partial charge in [0.25, 0.3) is 0 Å². The molecule has 0 aromatic carbocycles. The minimum atomic E-state index is -0.452. The van der Waals surface area contributed by atoms with E-state index in [1.807, 2.05) is 0 Å². The summed E-state index contributed by atoms with van der Waals surface area (Å²) in [6.45, 7) is 4.90. The number of rotatable bonds is 9. The summed E-state index contributed by atoms with van der Waals surface area (Å²) in [5.74, 6) is 0.777. The van der Waals surface area contributed by atoms with E-state index in [-0.39, 0.29) is 0 Å². The highest BCUT2D eigenvalue weighted by atomic mass is 16.5. The molecule has 1 aromatic heterocycles. The van der Waals surface area contributed by atoms with E-state index in [2.05, 4.69) is 16.9 Å². The predicted molar refractivity (Wildman–Crippen MR) is 78.3 cm³/mol. The lowest BCUT2D eigenvalue weighted by Crippen LogP contribution is -2.43. The van der Waals surface area contributed by atoms with E-state index in [0.717, 1.165) is 12.5 Å². The van der Waals surface area contributed by atoms with Crippen molar-refractivity contribution in [3.8, 4) is 0 Å². The van der Waals surface area contributed by atoms with Crippen molar-refractivity contribution in [2.24, 2.45) is 5.92 Å². The van der Waals surface area contributed by atoms with Gasteiger partial charge >= 0.3 is 0 Å². The summed E-state index contributed by atoms with van der Waals surface area (Å²) in [4.78, 5) is 2.32. The number of hydrogen-bond acceptors (Lipinski definition) is 5. The molecule has 2 rings (SSSR count). The Morgan fingerprint density at radius 3 is 2.90 bits per heavy atom. The van der Waals surface area contributed by atoms with Gasteiger partial charge in [-0.3, -0.25) is 9.58 Å². The van der Waals surface area contributed by atoms with Crippen LogP contribution in [0.25, 0.3) is 0 Å². The van der Waals surface area contributed by atoms with E-state index in [9.17, 15) is 5.11 Å². The zero-order valence-corrected chi connectivity index (χ0v) is 12.4. The van der Waals surface area contributed by atoms with Crippen molar-refractivity contribution >= 4 is 5.69 Å². The molecule has 3 N–H and O–H groups in total. The van der Waals surface area contributed by atoms with Gasteiger partial charge in [-0.15, -0.1) is 0 Å². The molecule has 20 heavy (non-hydrogen) atoms. The van der Waals surface area contributed by atoms with E-state index in [1.54, 1.807) is 24.2 Å². The van der Waals surface area contributed by atoms with Gasteiger partial charge in [0, 0.05) is 32.4 Å². The van der Waals surface area contributed by atoms with E-state index in [4.69, 9.17) is 10.5 Å². The molecule has 2 atom stereocenters. The number of anilines is 1. The van der Waals surface area contributed by atoms with Crippen LogP contribution >= 0.6 is 0 Å². The van der Waals surface area contributed by atoms with Gasteiger partial charge in [-0.1, -0.05) is 0 Å². The second kappa shape index (κ2) is 7.06. The lowest BCUT2D eigenvalue weighted by atomic mass is 10.1. The average Bonchev–Trinajstić information content (AvgIpc) is 3.18. The number of nitrogens with zero attached hydrogens (tertiary/aromatic N) is 3. The Labute approximate surface area is 120 Å². The van der Waals surface area contributed by atoms with Gasteiger partial charge in [0.15, 0.2) is 0 Å². The highest BCUT2D eigenvalue weighted by molar-refractivity contribution is 5.30. The van der Waals surface area contributed by atoms with Crippen molar-refractivity contribution in [1.29, 1.82) is 0 Å². The van der Waals surface area contributed by atoms with Crippen molar-refractivity contribution < 1.29 is 9.84 Å². The monoisotopic (exact) mass is 282 g/mol. The zero-order valence-electron chi connectivity index (χ0n) is 12.4. The quantitative estimate of drug-likeness (QED) is 0.692. The van der Waals surface area contributed by atoms with Crippen LogP contribution in [0.2, 0.25) is 0 Å². The number of nitrogen functional groups attached to an aromatic ring is 1. The molecule has 0 bridgehead atoms. The summed E-state index contributed by atoms with van der Waals surface area (Å²) in [5, 5.41) is 14.4. The molecule has 2 unspecified atom stereocenters. The van der Waals surface area contributed by atoms with Gasteiger partial charge in [-0.2, -0.15) is 5.10 Å². The van der Waals surface area contributed by atoms with Crippen LogP contribution in [0.3, 0.4) is 0 Å². The first kappa shape index (κ1) is 15.3. The molecule has 0 aliphatic heterocycles. The molecule has 0 spiro atoms. The van der Waals surface area contributed by atoms with Gasteiger partial charge in [0.05, 0.1) is 31.1 Å². The number of aromatic nitrogens is 2. The van der Waals surface area contributed by atoms with Gasteiger partial charge < -0.3 is 15.6 Å². The summed E-state index contributed by atoms with van der Waals surface area (Å²) >= 11 is 0. The van der Waals surface area contributed by atoms with Crippen molar-refractivity contribution in [3.05, 3.63) is 12.4 Å². The van der Waals surface area contributed by atoms with Crippen LogP contribution in [-0.2, 0) is 11.3 Å². The first-order valence-corrected chi connectivity index (χ1v) is 7.29. The third kappa shape index (κ3) is 4.47. The Morgan fingerprint density at radius 1 is 1.60 bits per heavy atom. The minimum Gasteiger partial charge on any atom is -0.396 e. The summed E-state index contributed by atoms with van der Waals surface area (Å²) in [5.41, 5.74) is 6.25. The molecule has 1 aliphatic rings. The molecule has 114 valence electrons. The number of hydrogen-bond donors (Lipinski definition) is 2. The molecular formula is C14H26N4O2. The lowest BCUT2D eigenvalue weighted by molar-refractivity contribution is 0.0530. The van der Waals surface area contributed by atoms with Crippen molar-refractivity contribution in [3.63, 3.8) is 0 Å². The topological polar surface area (TPSA) is 76.5 Å². The molecule has 6 heteroatoms. The third-order valence-corrected chi connectivity index (χ3v) is 3.96. The number of methoxy groups -OCH3 is 1. The van der Waals surface area contributed by atoms with Crippen LogP contribution in [0.4, 0.5) is 5.69 Å². The molecule has 0 radical (unpaired) electrons. The van der Waals surface area contributed by atoms with Crippen LogP contribution in [0, 0.1) is 5.92 Å². The SMILES string of the molecule is COCCN(CC(O)Cn1cc(N)cn1)C(C)C1CC1. The maximum Gasteiger partial charge on any atom is 0.0862 e. The Kier molecular flexibility index (Phi) is 5.39. The van der Waals surface area contributed by atoms with Crippen LogP contribution < -0.4 is 5.73 Å². The summed E-state index contributed by atoms with van der Waals surface area (Å²) < 4.78 is 6.86. The Bertz CT molecular complexity index is 406. The molecule has 1 aromatic rings. The van der Waals surface area contributed by atoms with Crippen molar-refractivity contribution in [2.45, 2.75) is 38.5 Å². The van der Waals surface area contributed by atoms with Gasteiger partial charge in [0.1, 0.15) is 0 Å². The van der Waals surface area contributed by atoms with Crippen molar-refractivity contribution in [2.75, 3.05) is 32.5 Å². The number of aliphatic hydroxyl groups excluding tert-OH is 1. The highest BCUT2D eigenvalue weighted by Crippen LogP contribution is 2.35. The lowest BCUT2D eigenvalue weighted by Gasteiger charge is -2.30. The maximum absolute atomic E-state index is 10.2. The van der Waals surface area contributed by atoms with Gasteiger partial charge in [-0.25, -0.2) is 0 Å². The molecule has 1 aliphatic carbocycles.